The van der Waals surface area contributed by atoms with E-state index in [-0.39, 0.29) is 6.04 Å². The largest absolute Gasteiger partial charge is 0.450 e. The van der Waals surface area contributed by atoms with Crippen molar-refractivity contribution in [3.05, 3.63) is 42.7 Å². The van der Waals surface area contributed by atoms with Gasteiger partial charge >= 0.3 is 0 Å². The van der Waals surface area contributed by atoms with Crippen molar-refractivity contribution >= 4 is 27.9 Å². The van der Waals surface area contributed by atoms with Crippen LogP contribution in [-0.4, -0.2) is 24.7 Å². The van der Waals surface area contributed by atoms with Crippen molar-refractivity contribution < 1.29 is 4.42 Å². The molecule has 3 heterocycles. The fraction of sp³-hybridized carbons (Fsp3) is 0.250. The Hall–Kier alpha value is -2.96. The van der Waals surface area contributed by atoms with Crippen LogP contribution in [0, 0.1) is 0 Å². The number of fused-ring (bicyclic) bond motifs is 3. The molecule has 3 aromatic heterocycles. The predicted octanol–water partition coefficient (Wildman–Crippen LogP) is 3.16. The Balaban J connectivity index is 1.70. The van der Waals surface area contributed by atoms with Gasteiger partial charge in [0, 0.05) is 11.4 Å². The molecule has 4 aromatic rings. The summed E-state index contributed by atoms with van der Waals surface area (Å²) in [7, 11) is 0. The first-order valence-corrected chi connectivity index (χ1v) is 7.48. The summed E-state index contributed by atoms with van der Waals surface area (Å²) in [6, 6.07) is 8.09. The zero-order valence-corrected chi connectivity index (χ0v) is 12.9. The maximum absolute atomic E-state index is 5.90. The second-order valence-electron chi connectivity index (χ2n) is 5.57. The Bertz CT molecular complexity index is 971. The molecule has 0 saturated heterocycles. The lowest BCUT2D eigenvalue weighted by Gasteiger charge is -2.10. The van der Waals surface area contributed by atoms with E-state index in [1.807, 2.05) is 28.9 Å². The maximum atomic E-state index is 5.90. The van der Waals surface area contributed by atoms with Crippen LogP contribution in [0.3, 0.4) is 0 Å². The van der Waals surface area contributed by atoms with E-state index in [0.717, 1.165) is 22.3 Å². The highest BCUT2D eigenvalue weighted by Gasteiger charge is 2.14. The molecule has 0 aliphatic heterocycles. The van der Waals surface area contributed by atoms with E-state index in [2.05, 4.69) is 39.2 Å². The van der Waals surface area contributed by atoms with Crippen LogP contribution in [0.1, 0.15) is 25.7 Å². The van der Waals surface area contributed by atoms with Gasteiger partial charge in [0.05, 0.1) is 6.54 Å². The molecule has 1 N–H and O–H groups in total. The van der Waals surface area contributed by atoms with Crippen LogP contribution >= 0.6 is 0 Å². The first kappa shape index (κ1) is 13.7. The molecule has 0 atom stereocenters. The second kappa shape index (κ2) is 5.35. The van der Waals surface area contributed by atoms with E-state index in [4.69, 9.17) is 4.42 Å². The van der Waals surface area contributed by atoms with Crippen molar-refractivity contribution in [1.82, 2.24) is 24.7 Å². The number of furan rings is 1. The Kier molecular flexibility index (Phi) is 3.18. The molecular formula is C16H16N6O. The number of aromatic nitrogens is 5. The minimum Gasteiger partial charge on any atom is -0.450 e. The Labute approximate surface area is 132 Å². The number of hydrogen-bond acceptors (Lipinski definition) is 6. The Morgan fingerprint density at radius 2 is 2.00 bits per heavy atom. The molecule has 0 radical (unpaired) electrons. The van der Waals surface area contributed by atoms with Crippen molar-refractivity contribution in [1.29, 1.82) is 0 Å². The average Bonchev–Trinajstić information content (AvgIpc) is 3.17. The first-order valence-electron chi connectivity index (χ1n) is 7.48. The monoisotopic (exact) mass is 308 g/mol. The number of para-hydroxylation sites is 1. The zero-order valence-electron chi connectivity index (χ0n) is 12.9. The molecule has 7 heteroatoms. The summed E-state index contributed by atoms with van der Waals surface area (Å²) in [6.07, 6.45) is 3.10. The summed E-state index contributed by atoms with van der Waals surface area (Å²) in [5.41, 5.74) is 2.27. The minimum atomic E-state index is 0.255. The van der Waals surface area contributed by atoms with Crippen molar-refractivity contribution in [3.8, 4) is 0 Å². The molecular weight excluding hydrogens is 292 g/mol. The summed E-state index contributed by atoms with van der Waals surface area (Å²) < 4.78 is 7.78. The standard InChI is InChI=1S/C16H16N6O/c1-10(2)22-13(18-9-21-22)7-17-16-15-14(19-8-20-16)11-5-3-4-6-12(11)23-15/h3-6,8-10H,7H2,1-2H3,(H,17,19,20). The molecule has 116 valence electrons. The molecule has 0 aliphatic rings. The summed E-state index contributed by atoms with van der Waals surface area (Å²) in [5, 5.41) is 8.50. The van der Waals surface area contributed by atoms with Gasteiger partial charge in [0.25, 0.3) is 0 Å². The molecule has 0 amide bonds. The van der Waals surface area contributed by atoms with Gasteiger partial charge in [-0.25, -0.2) is 19.6 Å². The summed E-state index contributed by atoms with van der Waals surface area (Å²) in [5.74, 6) is 1.51. The molecule has 0 saturated carbocycles. The smallest absolute Gasteiger partial charge is 0.196 e. The zero-order chi connectivity index (χ0) is 15.8. The lowest BCUT2D eigenvalue weighted by molar-refractivity contribution is 0.508. The van der Waals surface area contributed by atoms with Crippen LogP contribution in [0.15, 0.2) is 41.3 Å². The van der Waals surface area contributed by atoms with Gasteiger partial charge in [0.1, 0.15) is 29.6 Å². The SMILES string of the molecule is CC(C)n1ncnc1CNc1ncnc2c1oc1ccccc12. The molecule has 23 heavy (non-hydrogen) atoms. The number of benzene rings is 1. The quantitative estimate of drug-likeness (QED) is 0.623. The number of nitrogens with zero attached hydrogens (tertiary/aromatic N) is 5. The predicted molar refractivity (Wildman–Crippen MR) is 87.0 cm³/mol. The summed E-state index contributed by atoms with van der Waals surface area (Å²) in [4.78, 5) is 12.9. The topological polar surface area (TPSA) is 81.7 Å². The number of anilines is 1. The van der Waals surface area contributed by atoms with E-state index in [1.54, 1.807) is 12.7 Å². The van der Waals surface area contributed by atoms with Crippen LogP contribution in [0.2, 0.25) is 0 Å². The fourth-order valence-electron chi connectivity index (χ4n) is 2.64. The maximum Gasteiger partial charge on any atom is 0.196 e. The molecule has 7 nitrogen and oxygen atoms in total. The Morgan fingerprint density at radius 1 is 1.13 bits per heavy atom. The summed E-state index contributed by atoms with van der Waals surface area (Å²) >= 11 is 0. The van der Waals surface area contributed by atoms with Crippen LogP contribution in [-0.2, 0) is 6.54 Å². The second-order valence-corrected chi connectivity index (χ2v) is 5.57. The highest BCUT2D eigenvalue weighted by atomic mass is 16.3. The average molecular weight is 308 g/mol. The van der Waals surface area contributed by atoms with Gasteiger partial charge in [-0.3, -0.25) is 0 Å². The number of nitrogens with one attached hydrogen (secondary N) is 1. The highest BCUT2D eigenvalue weighted by Crippen LogP contribution is 2.30. The highest BCUT2D eigenvalue weighted by molar-refractivity contribution is 6.05. The third-order valence-corrected chi connectivity index (χ3v) is 3.71. The van der Waals surface area contributed by atoms with Crippen LogP contribution in [0.5, 0.6) is 0 Å². The molecule has 0 fully saturated rings. The molecule has 0 bridgehead atoms. The van der Waals surface area contributed by atoms with E-state index < -0.39 is 0 Å². The number of hydrogen-bond donors (Lipinski definition) is 1. The van der Waals surface area contributed by atoms with Gasteiger partial charge in [-0.05, 0) is 26.0 Å². The summed E-state index contributed by atoms with van der Waals surface area (Å²) in [6.45, 7) is 4.65. The molecule has 4 rings (SSSR count). The van der Waals surface area contributed by atoms with E-state index in [1.165, 1.54) is 0 Å². The van der Waals surface area contributed by atoms with E-state index >= 15 is 0 Å². The van der Waals surface area contributed by atoms with Crippen molar-refractivity contribution in [2.75, 3.05) is 5.32 Å². The lowest BCUT2D eigenvalue weighted by Crippen LogP contribution is -2.12. The van der Waals surface area contributed by atoms with Crippen molar-refractivity contribution in [2.24, 2.45) is 0 Å². The van der Waals surface area contributed by atoms with Crippen LogP contribution in [0.25, 0.3) is 22.1 Å². The molecule has 0 unspecified atom stereocenters. The third-order valence-electron chi connectivity index (χ3n) is 3.71. The third kappa shape index (κ3) is 2.30. The van der Waals surface area contributed by atoms with Gasteiger partial charge in [-0.1, -0.05) is 12.1 Å². The van der Waals surface area contributed by atoms with Crippen molar-refractivity contribution in [2.45, 2.75) is 26.4 Å². The van der Waals surface area contributed by atoms with Crippen LogP contribution in [0.4, 0.5) is 5.82 Å². The van der Waals surface area contributed by atoms with Crippen LogP contribution < -0.4 is 5.32 Å². The minimum absolute atomic E-state index is 0.255. The van der Waals surface area contributed by atoms with Gasteiger partial charge < -0.3 is 9.73 Å². The number of rotatable bonds is 4. The first-order chi connectivity index (χ1) is 11.2. The van der Waals surface area contributed by atoms with Gasteiger partial charge in [0.15, 0.2) is 11.4 Å². The van der Waals surface area contributed by atoms with Crippen molar-refractivity contribution in [3.63, 3.8) is 0 Å². The molecule has 0 spiro atoms. The van der Waals surface area contributed by atoms with Gasteiger partial charge in [0.2, 0.25) is 0 Å². The normalized spacial score (nSPS) is 11.6. The molecule has 1 aromatic carbocycles. The van der Waals surface area contributed by atoms with E-state index in [9.17, 15) is 0 Å². The molecule has 0 aliphatic carbocycles. The Morgan fingerprint density at radius 3 is 2.87 bits per heavy atom. The van der Waals surface area contributed by atoms with Gasteiger partial charge in [-0.15, -0.1) is 0 Å². The fourth-order valence-corrected chi connectivity index (χ4v) is 2.64. The lowest BCUT2D eigenvalue weighted by atomic mass is 10.2. The van der Waals surface area contributed by atoms with Gasteiger partial charge in [-0.2, -0.15) is 5.10 Å². The van der Waals surface area contributed by atoms with E-state index in [0.29, 0.717) is 17.9 Å².